The van der Waals surface area contributed by atoms with Crippen molar-refractivity contribution >= 4 is 5.84 Å². The number of amidine groups is 1. The fourth-order valence-corrected chi connectivity index (χ4v) is 2.26. The minimum Gasteiger partial charge on any atom is -0.409 e. The summed E-state index contributed by atoms with van der Waals surface area (Å²) in [6.45, 7) is 3.39. The molecule has 0 amide bonds. The van der Waals surface area contributed by atoms with E-state index >= 15 is 0 Å². The molecule has 1 saturated carbocycles. The van der Waals surface area contributed by atoms with Gasteiger partial charge in [-0.1, -0.05) is 18.0 Å². The van der Waals surface area contributed by atoms with E-state index in [1.807, 2.05) is 6.92 Å². The third-order valence-corrected chi connectivity index (χ3v) is 3.23. The standard InChI is InChI=1S/C11H23N3O2/c1-9(16-2)7-14(8-11(12)13-15)10-5-3-4-6-10/h9-10,15H,3-8H2,1-2H3,(H2,12,13). The van der Waals surface area contributed by atoms with E-state index in [9.17, 15) is 0 Å². The highest BCUT2D eigenvalue weighted by atomic mass is 16.5. The number of rotatable bonds is 6. The summed E-state index contributed by atoms with van der Waals surface area (Å²) in [6.07, 6.45) is 5.13. The molecule has 0 heterocycles. The first-order valence-corrected chi connectivity index (χ1v) is 5.90. The molecular formula is C11H23N3O2. The third kappa shape index (κ3) is 3.98. The van der Waals surface area contributed by atoms with Crippen LogP contribution in [0.3, 0.4) is 0 Å². The Kier molecular flexibility index (Phi) is 5.55. The highest BCUT2D eigenvalue weighted by Gasteiger charge is 2.24. The van der Waals surface area contributed by atoms with Crippen molar-refractivity contribution in [2.45, 2.75) is 44.8 Å². The predicted molar refractivity (Wildman–Crippen MR) is 63.7 cm³/mol. The molecule has 0 radical (unpaired) electrons. The molecule has 0 aromatic carbocycles. The van der Waals surface area contributed by atoms with E-state index < -0.39 is 0 Å². The zero-order chi connectivity index (χ0) is 12.0. The molecule has 0 aliphatic heterocycles. The molecule has 16 heavy (non-hydrogen) atoms. The maximum absolute atomic E-state index is 8.62. The first-order chi connectivity index (χ1) is 7.67. The van der Waals surface area contributed by atoms with Crippen LogP contribution in [0.1, 0.15) is 32.6 Å². The fourth-order valence-electron chi connectivity index (χ4n) is 2.26. The van der Waals surface area contributed by atoms with Crippen LogP contribution in [-0.4, -0.2) is 48.3 Å². The maximum atomic E-state index is 8.62. The van der Waals surface area contributed by atoms with Gasteiger partial charge in [-0.25, -0.2) is 0 Å². The van der Waals surface area contributed by atoms with Gasteiger partial charge in [0.1, 0.15) is 0 Å². The third-order valence-electron chi connectivity index (χ3n) is 3.23. The largest absolute Gasteiger partial charge is 0.409 e. The lowest BCUT2D eigenvalue weighted by Gasteiger charge is -2.30. The summed E-state index contributed by atoms with van der Waals surface area (Å²) >= 11 is 0. The molecule has 1 unspecified atom stereocenters. The molecule has 0 saturated heterocycles. The number of nitrogens with two attached hydrogens (primary N) is 1. The van der Waals surface area contributed by atoms with Gasteiger partial charge in [0, 0.05) is 19.7 Å². The summed E-state index contributed by atoms with van der Waals surface area (Å²) < 4.78 is 5.27. The van der Waals surface area contributed by atoms with Crippen LogP contribution in [0.25, 0.3) is 0 Å². The molecule has 1 aliphatic rings. The van der Waals surface area contributed by atoms with Gasteiger partial charge < -0.3 is 15.7 Å². The number of ether oxygens (including phenoxy) is 1. The van der Waals surface area contributed by atoms with E-state index in [0.717, 1.165) is 6.54 Å². The monoisotopic (exact) mass is 229 g/mol. The Morgan fingerprint density at radius 2 is 2.19 bits per heavy atom. The van der Waals surface area contributed by atoms with Crippen molar-refractivity contribution in [1.29, 1.82) is 0 Å². The van der Waals surface area contributed by atoms with Crippen molar-refractivity contribution in [2.75, 3.05) is 20.2 Å². The molecule has 1 atom stereocenters. The minimum atomic E-state index is 0.173. The average Bonchev–Trinajstić information content (AvgIpc) is 2.81. The lowest BCUT2D eigenvalue weighted by Crippen LogP contribution is -2.44. The number of methoxy groups -OCH3 is 1. The summed E-state index contributed by atoms with van der Waals surface area (Å²) in [6, 6.07) is 0.554. The minimum absolute atomic E-state index is 0.173. The van der Waals surface area contributed by atoms with Gasteiger partial charge in [-0.05, 0) is 19.8 Å². The van der Waals surface area contributed by atoms with Crippen molar-refractivity contribution in [3.63, 3.8) is 0 Å². The van der Waals surface area contributed by atoms with Gasteiger partial charge in [-0.2, -0.15) is 0 Å². The Morgan fingerprint density at radius 1 is 1.56 bits per heavy atom. The first-order valence-electron chi connectivity index (χ1n) is 5.90. The van der Waals surface area contributed by atoms with E-state index in [1.165, 1.54) is 25.7 Å². The molecule has 0 aromatic rings. The Balaban J connectivity index is 2.53. The molecule has 1 aliphatic carbocycles. The number of hydrogen-bond acceptors (Lipinski definition) is 4. The van der Waals surface area contributed by atoms with Gasteiger partial charge >= 0.3 is 0 Å². The van der Waals surface area contributed by atoms with E-state index in [1.54, 1.807) is 7.11 Å². The van der Waals surface area contributed by atoms with E-state index in [4.69, 9.17) is 15.7 Å². The summed E-state index contributed by atoms with van der Waals surface area (Å²) in [5.41, 5.74) is 5.58. The topological polar surface area (TPSA) is 71.1 Å². The molecule has 0 spiro atoms. The van der Waals surface area contributed by atoms with Crippen LogP contribution >= 0.6 is 0 Å². The normalized spacial score (nSPS) is 20.6. The van der Waals surface area contributed by atoms with Crippen molar-refractivity contribution in [3.8, 4) is 0 Å². The van der Waals surface area contributed by atoms with Crippen LogP contribution in [0, 0.1) is 0 Å². The predicted octanol–water partition coefficient (Wildman–Crippen LogP) is 1.01. The van der Waals surface area contributed by atoms with Gasteiger partial charge in [-0.15, -0.1) is 0 Å². The number of oxime groups is 1. The number of hydrogen-bond donors (Lipinski definition) is 2. The van der Waals surface area contributed by atoms with E-state index in [2.05, 4.69) is 10.1 Å². The zero-order valence-corrected chi connectivity index (χ0v) is 10.2. The fraction of sp³-hybridized carbons (Fsp3) is 0.909. The molecule has 3 N–H and O–H groups in total. The van der Waals surface area contributed by atoms with Crippen molar-refractivity contribution in [2.24, 2.45) is 10.9 Å². The van der Waals surface area contributed by atoms with E-state index in [-0.39, 0.29) is 11.9 Å². The van der Waals surface area contributed by atoms with Gasteiger partial charge in [-0.3, -0.25) is 4.90 Å². The van der Waals surface area contributed by atoms with Crippen LogP contribution in [-0.2, 0) is 4.74 Å². The lowest BCUT2D eigenvalue weighted by atomic mass is 10.2. The SMILES string of the molecule is COC(C)CN(CC(N)=NO)C1CCCC1. The molecule has 0 aromatic heterocycles. The molecule has 5 heteroatoms. The molecule has 1 rings (SSSR count). The summed E-state index contributed by atoms with van der Waals surface area (Å²) in [7, 11) is 1.71. The Hall–Kier alpha value is -0.810. The van der Waals surface area contributed by atoms with E-state index in [0.29, 0.717) is 12.6 Å². The summed E-state index contributed by atoms with van der Waals surface area (Å²) in [5.74, 6) is 0.273. The maximum Gasteiger partial charge on any atom is 0.153 e. The lowest BCUT2D eigenvalue weighted by molar-refractivity contribution is 0.0672. The van der Waals surface area contributed by atoms with Crippen LogP contribution < -0.4 is 5.73 Å². The molecule has 1 fully saturated rings. The molecular weight excluding hydrogens is 206 g/mol. The van der Waals surface area contributed by atoms with Crippen LogP contribution in [0.2, 0.25) is 0 Å². The Morgan fingerprint density at radius 3 is 2.69 bits per heavy atom. The summed E-state index contributed by atoms with van der Waals surface area (Å²) in [4.78, 5) is 2.26. The molecule has 94 valence electrons. The average molecular weight is 229 g/mol. The van der Waals surface area contributed by atoms with Crippen LogP contribution in [0.15, 0.2) is 5.16 Å². The number of nitrogens with zero attached hydrogens (tertiary/aromatic N) is 2. The van der Waals surface area contributed by atoms with Crippen molar-refractivity contribution in [1.82, 2.24) is 4.90 Å². The molecule has 5 nitrogen and oxygen atoms in total. The zero-order valence-electron chi connectivity index (χ0n) is 10.2. The second-order valence-corrected chi connectivity index (χ2v) is 4.51. The highest BCUT2D eigenvalue weighted by molar-refractivity contribution is 5.81. The van der Waals surface area contributed by atoms with Crippen molar-refractivity contribution < 1.29 is 9.94 Å². The Bertz CT molecular complexity index is 227. The highest BCUT2D eigenvalue weighted by Crippen LogP contribution is 2.23. The molecule has 0 bridgehead atoms. The second-order valence-electron chi connectivity index (χ2n) is 4.51. The van der Waals surface area contributed by atoms with Gasteiger partial charge in [0.05, 0.1) is 12.6 Å². The van der Waals surface area contributed by atoms with Crippen LogP contribution in [0.5, 0.6) is 0 Å². The van der Waals surface area contributed by atoms with Gasteiger partial charge in [0.2, 0.25) is 0 Å². The van der Waals surface area contributed by atoms with Crippen LogP contribution in [0.4, 0.5) is 0 Å². The first kappa shape index (κ1) is 13.3. The van der Waals surface area contributed by atoms with Gasteiger partial charge in [0.15, 0.2) is 5.84 Å². The Labute approximate surface area is 97.2 Å². The van der Waals surface area contributed by atoms with Crippen molar-refractivity contribution in [3.05, 3.63) is 0 Å². The second kappa shape index (κ2) is 6.70. The quantitative estimate of drug-likeness (QED) is 0.309. The smallest absolute Gasteiger partial charge is 0.153 e. The van der Waals surface area contributed by atoms with Gasteiger partial charge in [0.25, 0.3) is 0 Å². The summed E-state index contributed by atoms with van der Waals surface area (Å²) in [5, 5.41) is 11.7.